The molecular weight excluding hydrogens is 231 g/mol. The highest BCUT2D eigenvalue weighted by Gasteiger charge is 2.34. The molecule has 13 heavy (non-hydrogen) atoms. The van der Waals surface area contributed by atoms with E-state index in [1.54, 1.807) is 4.54 Å². The van der Waals surface area contributed by atoms with Crippen LogP contribution in [0.15, 0.2) is 0 Å². The van der Waals surface area contributed by atoms with Crippen LogP contribution in [0.25, 0.3) is 0 Å². The van der Waals surface area contributed by atoms with E-state index < -0.39 is 22.4 Å². The summed E-state index contributed by atoms with van der Waals surface area (Å²) in [6.45, 7) is 19.1. The molecule has 0 fully saturated rings. The van der Waals surface area contributed by atoms with Gasteiger partial charge in [-0.25, -0.2) is 0 Å². The summed E-state index contributed by atoms with van der Waals surface area (Å²) in [5, 5.41) is 0. The molecule has 0 aromatic rings. The van der Waals surface area contributed by atoms with Gasteiger partial charge in [0.1, 0.15) is 0 Å². The molecule has 0 aromatic heterocycles. The van der Waals surface area contributed by atoms with Crippen molar-refractivity contribution in [3.8, 4) is 0 Å². The van der Waals surface area contributed by atoms with Crippen LogP contribution in [0.2, 0.25) is 39.3 Å². The van der Waals surface area contributed by atoms with Crippen LogP contribution in [0.5, 0.6) is 0 Å². The van der Waals surface area contributed by atoms with Crippen molar-refractivity contribution in [1.82, 2.24) is 0 Å². The van der Waals surface area contributed by atoms with E-state index in [0.717, 1.165) is 0 Å². The second kappa shape index (κ2) is 3.88. The fraction of sp³-hybridized carbons (Fsp3) is 0.889. The van der Waals surface area contributed by atoms with E-state index in [1.165, 1.54) is 0 Å². The SMILES string of the molecule is C[Si](C)(C)C([Si](C)(C)C)=P(C)(C)Cl. The Hall–Kier alpha value is 1.02. The second-order valence-electron chi connectivity index (χ2n) is 6.17. The van der Waals surface area contributed by atoms with Crippen LogP contribution in [0.3, 0.4) is 0 Å². The molecule has 0 heterocycles. The summed E-state index contributed by atoms with van der Waals surface area (Å²) in [6, 6.07) is 0. The quantitative estimate of drug-likeness (QED) is 0.508. The topological polar surface area (TPSA) is 0 Å². The molecule has 4 heteroatoms. The van der Waals surface area contributed by atoms with Crippen LogP contribution < -0.4 is 0 Å². The zero-order valence-corrected chi connectivity index (χ0v) is 14.0. The molecule has 0 rings (SSSR count). The summed E-state index contributed by atoms with van der Waals surface area (Å²) in [5.74, 6) is 0. The molecule has 0 spiro atoms. The Bertz CT molecular complexity index is 215. The molecule has 0 radical (unpaired) electrons. The van der Waals surface area contributed by atoms with Crippen molar-refractivity contribution in [3.05, 3.63) is 0 Å². The van der Waals surface area contributed by atoms with Gasteiger partial charge in [-0.1, -0.05) is 55.1 Å². The first-order valence-electron chi connectivity index (χ1n) is 4.79. The average Bonchev–Trinajstić information content (AvgIpc) is 1.44. The molecule has 0 amide bonds. The standard InChI is InChI=1S/C9H24ClPSi2/c1-11(2,10)9(12(3,4)5)13(6,7)8/h1-8H3. The summed E-state index contributed by atoms with van der Waals surface area (Å²) in [6.07, 6.45) is -1.26. The Morgan fingerprint density at radius 2 is 1.08 bits per heavy atom. The molecule has 0 N–H and O–H groups in total. The van der Waals surface area contributed by atoms with E-state index in [1.807, 2.05) is 0 Å². The fourth-order valence-electron chi connectivity index (χ4n) is 2.72. The molecule has 0 bridgehead atoms. The third-order valence-electron chi connectivity index (χ3n) is 1.95. The lowest BCUT2D eigenvalue weighted by atomic mass is 11.7. The third kappa shape index (κ3) is 4.37. The lowest BCUT2D eigenvalue weighted by molar-refractivity contribution is 1.79. The Morgan fingerprint density at radius 3 is 1.08 bits per heavy atom. The zero-order valence-electron chi connectivity index (χ0n) is 10.3. The van der Waals surface area contributed by atoms with Gasteiger partial charge in [-0.15, -0.1) is 0 Å². The van der Waals surface area contributed by atoms with Gasteiger partial charge in [0.05, 0.1) is 16.1 Å². The van der Waals surface area contributed by atoms with E-state index in [-0.39, 0.29) is 0 Å². The van der Waals surface area contributed by atoms with Gasteiger partial charge in [-0.05, 0) is 19.6 Å². The molecule has 0 saturated carbocycles. The molecule has 0 aliphatic carbocycles. The number of halogens is 1. The van der Waals surface area contributed by atoms with Crippen molar-refractivity contribution in [2.75, 3.05) is 13.3 Å². The first-order valence-corrected chi connectivity index (χ1v) is 15.4. The summed E-state index contributed by atoms with van der Waals surface area (Å²) in [5.41, 5.74) is 0. The van der Waals surface area contributed by atoms with Gasteiger partial charge in [-0.3, -0.25) is 0 Å². The Balaban J connectivity index is 5.56. The molecule has 0 nitrogen and oxygen atoms in total. The van der Waals surface area contributed by atoms with Gasteiger partial charge in [0, 0.05) is 0 Å². The lowest BCUT2D eigenvalue weighted by Crippen LogP contribution is -2.49. The monoisotopic (exact) mass is 254 g/mol. The lowest BCUT2D eigenvalue weighted by Gasteiger charge is -2.36. The zero-order chi connectivity index (χ0) is 11.1. The largest absolute Gasteiger partial charge is 0.0991 e. The Labute approximate surface area is 90.9 Å². The van der Waals surface area contributed by atoms with Gasteiger partial charge >= 0.3 is 0 Å². The smallest absolute Gasteiger partial charge is 0.0697 e. The maximum atomic E-state index is 6.61. The van der Waals surface area contributed by atoms with Gasteiger partial charge < -0.3 is 0 Å². The van der Waals surface area contributed by atoms with Crippen molar-refractivity contribution in [2.45, 2.75) is 39.3 Å². The van der Waals surface area contributed by atoms with E-state index in [4.69, 9.17) is 11.2 Å². The minimum atomic E-state index is -1.26. The molecule has 0 unspecified atom stereocenters. The number of hydrogen-bond donors (Lipinski definition) is 0. The molecule has 0 saturated heterocycles. The summed E-state index contributed by atoms with van der Waals surface area (Å²) < 4.78 is 1.80. The average molecular weight is 255 g/mol. The van der Waals surface area contributed by atoms with Crippen LogP contribution in [0, 0.1) is 0 Å². The molecule has 0 aromatic carbocycles. The minimum absolute atomic E-state index is 1.16. The Morgan fingerprint density at radius 1 is 0.846 bits per heavy atom. The molecule has 0 aliphatic rings. The summed E-state index contributed by atoms with van der Waals surface area (Å²) in [7, 11) is -2.32. The fourth-order valence-corrected chi connectivity index (χ4v) is 29.0. The van der Waals surface area contributed by atoms with E-state index >= 15 is 0 Å². The molecule has 0 aliphatic heterocycles. The van der Waals surface area contributed by atoms with Crippen molar-refractivity contribution in [1.29, 1.82) is 0 Å². The van der Waals surface area contributed by atoms with Crippen LogP contribution in [0.1, 0.15) is 0 Å². The third-order valence-corrected chi connectivity index (χ3v) is 19.1. The van der Waals surface area contributed by atoms with Gasteiger partial charge in [0.25, 0.3) is 0 Å². The predicted octanol–water partition coefficient (Wildman–Crippen LogP) is 4.34. The summed E-state index contributed by atoms with van der Waals surface area (Å²) in [4.78, 5) is 0. The number of rotatable bonds is 2. The molecule has 0 atom stereocenters. The van der Waals surface area contributed by atoms with Gasteiger partial charge in [0.2, 0.25) is 0 Å². The molecular formula is C9H24ClPSi2. The maximum absolute atomic E-state index is 6.61. The Kier molecular flexibility index (Phi) is 4.19. The highest BCUT2D eigenvalue weighted by molar-refractivity contribution is 8.03. The minimum Gasteiger partial charge on any atom is -0.0991 e. The van der Waals surface area contributed by atoms with Crippen LogP contribution in [-0.2, 0) is 0 Å². The van der Waals surface area contributed by atoms with Crippen molar-refractivity contribution >= 4 is 38.2 Å². The van der Waals surface area contributed by atoms with E-state index in [0.29, 0.717) is 0 Å². The van der Waals surface area contributed by atoms with E-state index in [2.05, 4.69) is 52.6 Å². The second-order valence-corrected chi connectivity index (χ2v) is 23.1. The van der Waals surface area contributed by atoms with Crippen LogP contribution in [-0.4, -0.2) is 34.0 Å². The van der Waals surface area contributed by atoms with E-state index in [9.17, 15) is 0 Å². The molecule has 80 valence electrons. The van der Waals surface area contributed by atoms with Gasteiger partial charge in [0.15, 0.2) is 0 Å². The van der Waals surface area contributed by atoms with Crippen molar-refractivity contribution < 1.29 is 0 Å². The van der Waals surface area contributed by atoms with Crippen molar-refractivity contribution in [3.63, 3.8) is 0 Å². The first-order chi connectivity index (χ1) is 5.37. The van der Waals surface area contributed by atoms with Gasteiger partial charge in [-0.2, -0.15) is 0 Å². The van der Waals surface area contributed by atoms with Crippen LogP contribution in [0.4, 0.5) is 0 Å². The first kappa shape index (κ1) is 14.0. The normalized spacial score (nSPS) is 14.5. The number of hydrogen-bond acceptors (Lipinski definition) is 0. The highest BCUT2D eigenvalue weighted by atomic mass is 35.7. The maximum Gasteiger partial charge on any atom is 0.0697 e. The predicted molar refractivity (Wildman–Crippen MR) is 76.3 cm³/mol. The highest BCUT2D eigenvalue weighted by Crippen LogP contribution is 2.50. The van der Waals surface area contributed by atoms with Crippen molar-refractivity contribution in [2.24, 2.45) is 0 Å². The van der Waals surface area contributed by atoms with Crippen LogP contribution >= 0.6 is 17.5 Å². The summed E-state index contributed by atoms with van der Waals surface area (Å²) >= 11 is 6.61.